The van der Waals surface area contributed by atoms with Crippen LogP contribution in [0.25, 0.3) is 0 Å². The van der Waals surface area contributed by atoms with Gasteiger partial charge in [0.1, 0.15) is 6.54 Å². The Balaban J connectivity index is 1.89. The Hall–Kier alpha value is -1.99. The summed E-state index contributed by atoms with van der Waals surface area (Å²) in [5, 5.41) is 2.82. The van der Waals surface area contributed by atoms with Crippen LogP contribution in [0.3, 0.4) is 0 Å². The first kappa shape index (κ1) is 22.3. The number of nitrogens with zero attached hydrogens (tertiary/aromatic N) is 1. The van der Waals surface area contributed by atoms with Gasteiger partial charge in [0.25, 0.3) is 0 Å². The Morgan fingerprint density at radius 3 is 2.46 bits per heavy atom. The van der Waals surface area contributed by atoms with Crippen molar-refractivity contribution in [3.8, 4) is 0 Å². The topological polar surface area (TPSA) is 66.5 Å². The van der Waals surface area contributed by atoms with E-state index < -0.39 is 10.0 Å². The summed E-state index contributed by atoms with van der Waals surface area (Å²) in [7, 11) is -3.56. The zero-order valence-corrected chi connectivity index (χ0v) is 18.5. The molecule has 5 nitrogen and oxygen atoms in total. The maximum Gasteiger partial charge on any atom is 0.240 e. The van der Waals surface area contributed by atoms with Crippen molar-refractivity contribution in [2.45, 2.75) is 26.5 Å². The van der Waals surface area contributed by atoms with Gasteiger partial charge in [-0.25, -0.2) is 8.42 Å². The van der Waals surface area contributed by atoms with Gasteiger partial charge in [0.15, 0.2) is 0 Å². The van der Waals surface area contributed by atoms with Gasteiger partial charge in [0.2, 0.25) is 15.9 Å². The molecule has 0 bridgehead atoms. The monoisotopic (exact) mass is 420 g/mol. The van der Waals surface area contributed by atoms with E-state index in [0.29, 0.717) is 12.2 Å². The van der Waals surface area contributed by atoms with Gasteiger partial charge in [-0.05, 0) is 49.1 Å². The van der Waals surface area contributed by atoms with E-state index in [4.69, 9.17) is 0 Å². The Morgan fingerprint density at radius 2 is 1.79 bits per heavy atom. The number of carbonyl (C=O) groups is 1. The number of aryl methyl sites for hydroxylation is 3. The molecule has 152 valence electrons. The molecule has 1 amide bonds. The summed E-state index contributed by atoms with van der Waals surface area (Å²) < 4.78 is 25.6. The predicted octanol–water partition coefficient (Wildman–Crippen LogP) is 3.43. The van der Waals surface area contributed by atoms with Crippen molar-refractivity contribution in [1.82, 2.24) is 5.32 Å². The van der Waals surface area contributed by atoms with E-state index in [2.05, 4.69) is 24.4 Å². The van der Waals surface area contributed by atoms with Gasteiger partial charge in [0.05, 0.1) is 11.9 Å². The van der Waals surface area contributed by atoms with Gasteiger partial charge in [0, 0.05) is 18.1 Å². The molecule has 0 aromatic heterocycles. The molecule has 2 rings (SSSR count). The summed E-state index contributed by atoms with van der Waals surface area (Å²) in [6.07, 6.45) is 1.13. The summed E-state index contributed by atoms with van der Waals surface area (Å²) >= 11 is 1.74. The number of rotatable bonds is 9. The fraction of sp³-hybridized carbons (Fsp3) is 0.381. The van der Waals surface area contributed by atoms with Crippen LogP contribution in [0.2, 0.25) is 0 Å². The Bertz CT molecular complexity index is 927. The second-order valence-corrected chi connectivity index (χ2v) is 9.90. The number of thioether (sulfide) groups is 1. The van der Waals surface area contributed by atoms with Gasteiger partial charge in [-0.2, -0.15) is 11.8 Å². The highest BCUT2D eigenvalue weighted by Crippen LogP contribution is 2.23. The molecule has 0 aliphatic carbocycles. The van der Waals surface area contributed by atoms with Crippen LogP contribution in [-0.4, -0.2) is 39.4 Å². The summed E-state index contributed by atoms with van der Waals surface area (Å²) in [4.78, 5) is 12.3. The van der Waals surface area contributed by atoms with Crippen LogP contribution in [-0.2, 0) is 20.6 Å². The maximum absolute atomic E-state index is 12.3. The fourth-order valence-electron chi connectivity index (χ4n) is 2.77. The van der Waals surface area contributed by atoms with Gasteiger partial charge < -0.3 is 5.32 Å². The van der Waals surface area contributed by atoms with Crippen molar-refractivity contribution in [3.63, 3.8) is 0 Å². The molecule has 0 aliphatic heterocycles. The average Bonchev–Trinajstić information content (AvgIpc) is 2.62. The maximum atomic E-state index is 12.3. The SMILES string of the molecule is Cc1ccc(C)c(N(CC(=O)NCCSCc2ccccc2C)S(C)(=O)=O)c1. The highest BCUT2D eigenvalue weighted by atomic mass is 32.2. The number of benzene rings is 2. The number of anilines is 1. The molecule has 0 atom stereocenters. The summed E-state index contributed by atoms with van der Waals surface area (Å²) in [6.45, 7) is 6.11. The molecule has 28 heavy (non-hydrogen) atoms. The van der Waals surface area contributed by atoms with Gasteiger partial charge in [-0.3, -0.25) is 9.10 Å². The van der Waals surface area contributed by atoms with E-state index in [1.54, 1.807) is 17.8 Å². The minimum atomic E-state index is -3.56. The third-order valence-electron chi connectivity index (χ3n) is 4.41. The first-order valence-electron chi connectivity index (χ1n) is 9.12. The number of hydrogen-bond donors (Lipinski definition) is 1. The standard InChI is InChI=1S/C21H28N2O3S2/c1-16-9-10-18(3)20(13-16)23(28(4,25)26)14-21(24)22-11-12-27-15-19-8-6-5-7-17(19)2/h5-10,13H,11-12,14-15H2,1-4H3,(H,22,24). The molecular formula is C21H28N2O3S2. The Kier molecular flexibility index (Phi) is 7.95. The molecule has 0 saturated heterocycles. The lowest BCUT2D eigenvalue weighted by atomic mass is 10.1. The zero-order chi connectivity index (χ0) is 20.7. The lowest BCUT2D eigenvalue weighted by Crippen LogP contribution is -2.41. The van der Waals surface area contributed by atoms with Crippen LogP contribution in [0.5, 0.6) is 0 Å². The first-order valence-corrected chi connectivity index (χ1v) is 12.1. The van der Waals surface area contributed by atoms with Crippen molar-refractivity contribution < 1.29 is 13.2 Å². The third-order valence-corrected chi connectivity index (χ3v) is 6.54. The van der Waals surface area contributed by atoms with E-state index in [1.165, 1.54) is 15.4 Å². The molecule has 2 aromatic carbocycles. The van der Waals surface area contributed by atoms with Crippen LogP contribution in [0.1, 0.15) is 22.3 Å². The van der Waals surface area contributed by atoms with Crippen LogP contribution in [0, 0.1) is 20.8 Å². The summed E-state index contributed by atoms with van der Waals surface area (Å²) in [5.74, 6) is 1.35. The molecule has 1 N–H and O–H groups in total. The highest BCUT2D eigenvalue weighted by molar-refractivity contribution is 7.98. The van der Waals surface area contributed by atoms with Crippen molar-refractivity contribution >= 4 is 33.4 Å². The second-order valence-electron chi connectivity index (χ2n) is 6.89. The lowest BCUT2D eigenvalue weighted by Gasteiger charge is -2.24. The highest BCUT2D eigenvalue weighted by Gasteiger charge is 2.22. The number of hydrogen-bond acceptors (Lipinski definition) is 4. The smallest absolute Gasteiger partial charge is 0.240 e. The summed E-state index contributed by atoms with van der Waals surface area (Å²) in [5.41, 5.74) is 4.86. The molecule has 0 spiro atoms. The van der Waals surface area contributed by atoms with Gasteiger partial charge in [-0.1, -0.05) is 36.4 Å². The molecule has 7 heteroatoms. The lowest BCUT2D eigenvalue weighted by molar-refractivity contribution is -0.119. The van der Waals surface area contributed by atoms with Crippen molar-refractivity contribution in [3.05, 3.63) is 64.7 Å². The Morgan fingerprint density at radius 1 is 1.07 bits per heavy atom. The van der Waals surface area contributed by atoms with Crippen molar-refractivity contribution in [2.24, 2.45) is 0 Å². The third kappa shape index (κ3) is 6.56. The van der Waals surface area contributed by atoms with Crippen molar-refractivity contribution in [2.75, 3.05) is 29.4 Å². The molecule has 0 unspecified atom stereocenters. The van der Waals surface area contributed by atoms with Crippen LogP contribution in [0.15, 0.2) is 42.5 Å². The van der Waals surface area contributed by atoms with E-state index in [0.717, 1.165) is 28.9 Å². The van der Waals surface area contributed by atoms with Crippen LogP contribution in [0.4, 0.5) is 5.69 Å². The van der Waals surface area contributed by atoms with Crippen LogP contribution >= 0.6 is 11.8 Å². The first-order chi connectivity index (χ1) is 13.2. The van der Waals surface area contributed by atoms with Gasteiger partial charge in [-0.15, -0.1) is 0 Å². The quantitative estimate of drug-likeness (QED) is 0.631. The van der Waals surface area contributed by atoms with E-state index in [9.17, 15) is 13.2 Å². The average molecular weight is 421 g/mol. The number of carbonyl (C=O) groups excluding carboxylic acids is 1. The minimum Gasteiger partial charge on any atom is -0.354 e. The number of nitrogens with one attached hydrogen (secondary N) is 1. The normalized spacial score (nSPS) is 11.3. The second kappa shape index (κ2) is 9.98. The van der Waals surface area contributed by atoms with Gasteiger partial charge >= 0.3 is 0 Å². The zero-order valence-electron chi connectivity index (χ0n) is 16.9. The Labute approximate surface area is 172 Å². The van der Waals surface area contributed by atoms with Crippen molar-refractivity contribution in [1.29, 1.82) is 0 Å². The minimum absolute atomic E-state index is 0.217. The molecule has 0 saturated carbocycles. The fourth-order valence-corrected chi connectivity index (χ4v) is 4.61. The van der Waals surface area contributed by atoms with E-state index in [1.807, 2.05) is 38.1 Å². The molecule has 0 fully saturated rings. The molecule has 0 radical (unpaired) electrons. The van der Waals surface area contributed by atoms with Crippen LogP contribution < -0.4 is 9.62 Å². The number of amides is 1. The predicted molar refractivity (Wildman–Crippen MR) is 118 cm³/mol. The molecule has 0 aliphatic rings. The van der Waals surface area contributed by atoms with E-state index in [-0.39, 0.29) is 12.5 Å². The molecule has 2 aromatic rings. The largest absolute Gasteiger partial charge is 0.354 e. The molecule has 0 heterocycles. The number of sulfonamides is 1. The van der Waals surface area contributed by atoms with E-state index >= 15 is 0 Å². The summed E-state index contributed by atoms with van der Waals surface area (Å²) in [6, 6.07) is 13.8. The molecular weight excluding hydrogens is 392 g/mol.